The number of para-hydroxylation sites is 1. The van der Waals surface area contributed by atoms with Gasteiger partial charge >= 0.3 is 0 Å². The normalized spacial score (nSPS) is 10.6. The smallest absolute Gasteiger partial charge is 0.271 e. The van der Waals surface area contributed by atoms with Gasteiger partial charge in [0.2, 0.25) is 0 Å². The SMILES string of the molecule is O=C(NCCc1nc2ccccc2s1)c1cnccn1. The van der Waals surface area contributed by atoms with Crippen LogP contribution in [0.3, 0.4) is 0 Å². The highest BCUT2D eigenvalue weighted by molar-refractivity contribution is 7.18. The van der Waals surface area contributed by atoms with E-state index in [1.807, 2.05) is 18.2 Å². The van der Waals surface area contributed by atoms with E-state index in [0.717, 1.165) is 10.5 Å². The average Bonchev–Trinajstić information content (AvgIpc) is 2.90. The molecule has 0 bridgehead atoms. The molecule has 20 heavy (non-hydrogen) atoms. The van der Waals surface area contributed by atoms with Gasteiger partial charge in [-0.05, 0) is 12.1 Å². The molecule has 1 amide bonds. The van der Waals surface area contributed by atoms with Crippen molar-refractivity contribution in [3.8, 4) is 0 Å². The third kappa shape index (κ3) is 2.80. The molecule has 5 nitrogen and oxygen atoms in total. The van der Waals surface area contributed by atoms with Crippen LogP contribution in [0.1, 0.15) is 15.5 Å². The molecule has 0 aliphatic rings. The van der Waals surface area contributed by atoms with E-state index >= 15 is 0 Å². The van der Waals surface area contributed by atoms with Gasteiger partial charge in [-0.2, -0.15) is 0 Å². The Kier molecular flexibility index (Phi) is 3.64. The van der Waals surface area contributed by atoms with Crippen molar-refractivity contribution in [3.63, 3.8) is 0 Å². The predicted molar refractivity (Wildman–Crippen MR) is 77.7 cm³/mol. The van der Waals surface area contributed by atoms with E-state index in [-0.39, 0.29) is 5.91 Å². The Hall–Kier alpha value is -2.34. The molecule has 6 heteroatoms. The molecule has 3 aromatic rings. The third-order valence-electron chi connectivity index (χ3n) is 2.76. The highest BCUT2D eigenvalue weighted by atomic mass is 32.1. The number of fused-ring (bicyclic) bond motifs is 1. The molecule has 0 aliphatic carbocycles. The zero-order valence-electron chi connectivity index (χ0n) is 10.6. The van der Waals surface area contributed by atoms with Crippen LogP contribution < -0.4 is 5.32 Å². The fraction of sp³-hybridized carbons (Fsp3) is 0.143. The van der Waals surface area contributed by atoms with Crippen LogP contribution in [0.25, 0.3) is 10.2 Å². The van der Waals surface area contributed by atoms with Crippen LogP contribution in [0.4, 0.5) is 0 Å². The number of hydrogen-bond acceptors (Lipinski definition) is 5. The number of nitrogens with one attached hydrogen (secondary N) is 1. The minimum absolute atomic E-state index is 0.209. The molecule has 1 aromatic carbocycles. The summed E-state index contributed by atoms with van der Waals surface area (Å²) in [6, 6.07) is 8.02. The maximum Gasteiger partial charge on any atom is 0.271 e. The Balaban J connectivity index is 1.58. The first kappa shape index (κ1) is 12.7. The number of carbonyl (C=O) groups excluding carboxylic acids is 1. The lowest BCUT2D eigenvalue weighted by molar-refractivity contribution is 0.0949. The summed E-state index contributed by atoms with van der Waals surface area (Å²) >= 11 is 1.65. The molecule has 100 valence electrons. The van der Waals surface area contributed by atoms with E-state index in [1.165, 1.54) is 23.3 Å². The van der Waals surface area contributed by atoms with Gasteiger partial charge in [0.05, 0.1) is 21.4 Å². The van der Waals surface area contributed by atoms with Crippen molar-refractivity contribution in [2.75, 3.05) is 6.54 Å². The molecule has 0 spiro atoms. The van der Waals surface area contributed by atoms with Crippen LogP contribution >= 0.6 is 11.3 Å². The molecular weight excluding hydrogens is 272 g/mol. The zero-order valence-corrected chi connectivity index (χ0v) is 11.4. The molecule has 0 unspecified atom stereocenters. The molecular formula is C14H12N4OS. The second-order valence-corrected chi connectivity index (χ2v) is 5.29. The quantitative estimate of drug-likeness (QED) is 0.796. The van der Waals surface area contributed by atoms with Gasteiger partial charge in [-0.1, -0.05) is 12.1 Å². The zero-order chi connectivity index (χ0) is 13.8. The lowest BCUT2D eigenvalue weighted by atomic mass is 10.3. The van der Waals surface area contributed by atoms with Gasteiger partial charge in [0.15, 0.2) is 0 Å². The fourth-order valence-corrected chi connectivity index (χ4v) is 2.78. The first-order chi connectivity index (χ1) is 9.83. The summed E-state index contributed by atoms with van der Waals surface area (Å²) < 4.78 is 1.17. The average molecular weight is 284 g/mol. The number of benzene rings is 1. The summed E-state index contributed by atoms with van der Waals surface area (Å²) in [6.45, 7) is 0.537. The van der Waals surface area contributed by atoms with Crippen molar-refractivity contribution in [2.24, 2.45) is 0 Å². The van der Waals surface area contributed by atoms with E-state index in [1.54, 1.807) is 11.3 Å². The fourth-order valence-electron chi connectivity index (χ4n) is 1.82. The first-order valence-corrected chi connectivity index (χ1v) is 7.03. The van der Waals surface area contributed by atoms with Gasteiger partial charge in [0.25, 0.3) is 5.91 Å². The third-order valence-corrected chi connectivity index (χ3v) is 3.85. The molecule has 2 heterocycles. The van der Waals surface area contributed by atoms with Crippen molar-refractivity contribution in [2.45, 2.75) is 6.42 Å². The maximum absolute atomic E-state index is 11.8. The second-order valence-electron chi connectivity index (χ2n) is 4.17. The highest BCUT2D eigenvalue weighted by Crippen LogP contribution is 2.21. The number of nitrogens with zero attached hydrogens (tertiary/aromatic N) is 3. The number of rotatable bonds is 4. The predicted octanol–water partition coefficient (Wildman–Crippen LogP) is 2.06. The highest BCUT2D eigenvalue weighted by Gasteiger charge is 2.07. The van der Waals surface area contributed by atoms with Gasteiger partial charge in [0.1, 0.15) is 5.69 Å². The molecule has 0 radical (unpaired) electrons. The van der Waals surface area contributed by atoms with Crippen LogP contribution in [0.2, 0.25) is 0 Å². The molecule has 0 aliphatic heterocycles. The summed E-state index contributed by atoms with van der Waals surface area (Å²) in [5.74, 6) is -0.209. The summed E-state index contributed by atoms with van der Waals surface area (Å²) in [6.07, 6.45) is 5.21. The summed E-state index contributed by atoms with van der Waals surface area (Å²) in [7, 11) is 0. The molecule has 0 atom stereocenters. The van der Waals surface area contributed by atoms with Crippen molar-refractivity contribution >= 4 is 27.5 Å². The van der Waals surface area contributed by atoms with Crippen LogP contribution in [0.15, 0.2) is 42.9 Å². The van der Waals surface area contributed by atoms with Crippen molar-refractivity contribution < 1.29 is 4.79 Å². The maximum atomic E-state index is 11.8. The standard InChI is InChI=1S/C14H12N4OS/c19-14(11-9-15-7-8-16-11)17-6-5-13-18-10-3-1-2-4-12(10)20-13/h1-4,7-9H,5-6H2,(H,17,19). The Morgan fingerprint density at radius 3 is 2.95 bits per heavy atom. The van der Waals surface area contributed by atoms with Crippen molar-refractivity contribution in [1.82, 2.24) is 20.3 Å². The van der Waals surface area contributed by atoms with Crippen molar-refractivity contribution in [3.05, 3.63) is 53.6 Å². The van der Waals surface area contributed by atoms with Crippen molar-refractivity contribution in [1.29, 1.82) is 0 Å². The Morgan fingerprint density at radius 1 is 1.25 bits per heavy atom. The number of aromatic nitrogens is 3. The van der Waals surface area contributed by atoms with Crippen LogP contribution in [0, 0.1) is 0 Å². The number of thiazole rings is 1. The van der Waals surface area contributed by atoms with Crippen LogP contribution in [-0.4, -0.2) is 27.4 Å². The summed E-state index contributed by atoms with van der Waals surface area (Å²) in [5.41, 5.74) is 1.34. The van der Waals surface area contributed by atoms with E-state index in [0.29, 0.717) is 18.7 Å². The Bertz CT molecular complexity index is 693. The van der Waals surface area contributed by atoms with Gasteiger partial charge in [-0.25, -0.2) is 9.97 Å². The van der Waals surface area contributed by atoms with E-state index in [4.69, 9.17) is 0 Å². The lowest BCUT2D eigenvalue weighted by Gasteiger charge is -2.02. The number of carbonyl (C=O) groups is 1. The van der Waals surface area contributed by atoms with Crippen LogP contribution in [0.5, 0.6) is 0 Å². The number of hydrogen-bond donors (Lipinski definition) is 1. The van der Waals surface area contributed by atoms with Crippen LogP contribution in [-0.2, 0) is 6.42 Å². The summed E-state index contributed by atoms with van der Waals surface area (Å²) in [5, 5.41) is 3.84. The van der Waals surface area contributed by atoms with E-state index in [2.05, 4.69) is 26.3 Å². The summed E-state index contributed by atoms with van der Waals surface area (Å²) in [4.78, 5) is 24.1. The van der Waals surface area contributed by atoms with Gasteiger partial charge in [0, 0.05) is 25.4 Å². The monoisotopic (exact) mass is 284 g/mol. The number of amides is 1. The van der Waals surface area contributed by atoms with Gasteiger partial charge in [-0.15, -0.1) is 11.3 Å². The molecule has 0 saturated carbocycles. The van der Waals surface area contributed by atoms with Gasteiger partial charge < -0.3 is 5.32 Å². The first-order valence-electron chi connectivity index (χ1n) is 6.21. The molecule has 0 fully saturated rings. The largest absolute Gasteiger partial charge is 0.350 e. The minimum Gasteiger partial charge on any atom is -0.350 e. The topological polar surface area (TPSA) is 67.8 Å². The Labute approximate surface area is 119 Å². The van der Waals surface area contributed by atoms with Gasteiger partial charge in [-0.3, -0.25) is 9.78 Å². The van der Waals surface area contributed by atoms with E-state index in [9.17, 15) is 4.79 Å². The molecule has 2 aromatic heterocycles. The molecule has 0 saturated heterocycles. The molecule has 1 N–H and O–H groups in total. The molecule has 3 rings (SSSR count). The second kappa shape index (κ2) is 5.75. The minimum atomic E-state index is -0.209. The van der Waals surface area contributed by atoms with E-state index < -0.39 is 0 Å². The lowest BCUT2D eigenvalue weighted by Crippen LogP contribution is -2.26. The Morgan fingerprint density at radius 2 is 2.15 bits per heavy atom.